The summed E-state index contributed by atoms with van der Waals surface area (Å²) >= 11 is 0. The minimum absolute atomic E-state index is 0.00289. The zero-order chi connectivity index (χ0) is 51.8. The first-order chi connectivity index (χ1) is 33.5. The first kappa shape index (κ1) is 52.5. The average Bonchev–Trinajstić information content (AvgIpc) is 3.78. The van der Waals surface area contributed by atoms with Crippen LogP contribution in [-0.2, 0) is 47.7 Å². The monoisotopic (exact) mass is 984 g/mol. The minimum Gasteiger partial charge on any atom is -0.480 e. The predicted octanol–water partition coefficient (Wildman–Crippen LogP) is 2.53. The van der Waals surface area contributed by atoms with Crippen LogP contribution in [0.15, 0.2) is 102 Å². The quantitative estimate of drug-likeness (QED) is 0.0825. The van der Waals surface area contributed by atoms with E-state index in [9.17, 15) is 44.1 Å². The van der Waals surface area contributed by atoms with E-state index in [1.54, 1.807) is 92.7 Å². The number of fused-ring (bicyclic) bond motifs is 5. The van der Waals surface area contributed by atoms with Gasteiger partial charge in [0.05, 0.1) is 41.8 Å². The number of hydrogen-bond donors (Lipinski definition) is 7. The Bertz CT molecular complexity index is 2560. The van der Waals surface area contributed by atoms with Crippen molar-refractivity contribution in [3.8, 4) is 0 Å². The Hall–Kier alpha value is -6.35. The van der Waals surface area contributed by atoms with Gasteiger partial charge < -0.3 is 59.9 Å². The van der Waals surface area contributed by atoms with E-state index in [0.29, 0.717) is 18.5 Å². The highest BCUT2D eigenvalue weighted by molar-refractivity contribution is 5.96. The van der Waals surface area contributed by atoms with Crippen LogP contribution in [0.2, 0.25) is 0 Å². The molecule has 0 aromatic heterocycles. The number of benzene rings is 3. The van der Waals surface area contributed by atoms with Crippen molar-refractivity contribution >= 4 is 41.5 Å². The van der Waals surface area contributed by atoms with Gasteiger partial charge >= 0.3 is 29.8 Å². The van der Waals surface area contributed by atoms with Crippen LogP contribution >= 0.6 is 0 Å². The number of carbonyl (C=O) groups is 7. The highest BCUT2D eigenvalue weighted by Crippen LogP contribution is 2.64. The van der Waals surface area contributed by atoms with Gasteiger partial charge in [-0.2, -0.15) is 0 Å². The standard InChI is InChI=1S/C47H51NO14.C5H9NO3/c1-25-31(60-43(56)36(52)35(28-16-10-7-11-17-28)48-41(54)29-18-12-8-13-19-29)23-47(57)40(61-42(55)30-20-14-9-15-21-30)38-45(6,32(51)22-33-46(38,24-58-33)62-27(3)50)39(53)37(59-26(2)49)34(25)44(47,4)5;7-3-1-4(5(8)9)6-2-3/h7-21,31-33,35-38,40,51-52,57H,22-24H2,1-6H3,(H,48,54);3-4,6-7H,1-2H2,(H,8,9)/t31-,32-,33+,35-,36+,37+,38-,40-,45+,46-,47+;3-,4-/m00/s1. The number of aliphatic hydroxyl groups is 4. The van der Waals surface area contributed by atoms with Crippen molar-refractivity contribution < 1.29 is 82.8 Å². The van der Waals surface area contributed by atoms with Crippen LogP contribution in [0.1, 0.15) is 93.1 Å². The Labute approximate surface area is 409 Å². The fraction of sp³-hybridized carbons (Fsp3) is 0.481. The molecule has 3 aliphatic carbocycles. The van der Waals surface area contributed by atoms with Crippen molar-refractivity contribution in [3.05, 3.63) is 119 Å². The molecule has 2 heterocycles. The Morgan fingerprint density at radius 3 is 1.92 bits per heavy atom. The Kier molecular flexibility index (Phi) is 15.1. The molecule has 3 aromatic carbocycles. The van der Waals surface area contributed by atoms with Gasteiger partial charge in [0.2, 0.25) is 0 Å². The van der Waals surface area contributed by atoms with Gasteiger partial charge in [0, 0.05) is 50.6 Å². The highest BCUT2D eigenvalue weighted by Gasteiger charge is 2.78. The van der Waals surface area contributed by atoms with E-state index in [2.05, 4.69) is 10.6 Å². The normalized spacial score (nSPS) is 32.2. The van der Waals surface area contributed by atoms with Crippen molar-refractivity contribution in [2.45, 2.75) is 127 Å². The number of β-amino-alcohol motifs (C(OH)–C–C–N with tert-alkyl or cyclic N) is 1. The average molecular weight is 985 g/mol. The van der Waals surface area contributed by atoms with E-state index < -0.39 is 131 Å². The number of hydrogen-bond acceptors (Lipinski definition) is 17. The van der Waals surface area contributed by atoms with Crippen LogP contribution in [-0.4, -0.2) is 140 Å². The largest absolute Gasteiger partial charge is 0.480 e. The lowest BCUT2D eigenvalue weighted by Gasteiger charge is -2.67. The second kappa shape index (κ2) is 20.4. The fourth-order valence-corrected chi connectivity index (χ4v) is 11.1. The summed E-state index contributed by atoms with van der Waals surface area (Å²) in [6.45, 7) is 8.37. The minimum atomic E-state index is -2.39. The third-order valence-corrected chi connectivity index (χ3v) is 14.9. The molecule has 7 N–H and O–H groups in total. The van der Waals surface area contributed by atoms with Gasteiger partial charge in [-0.05, 0) is 54.8 Å². The van der Waals surface area contributed by atoms with Crippen molar-refractivity contribution in [2.75, 3.05) is 13.2 Å². The maximum atomic E-state index is 15.5. The fourth-order valence-electron chi connectivity index (χ4n) is 11.1. The molecule has 5 aliphatic rings. The number of Topliss-reactive ketones (excluding diaryl/α,β-unsaturated/α-hetero) is 1. The zero-order valence-electron chi connectivity index (χ0n) is 40.1. The first-order valence-corrected chi connectivity index (χ1v) is 23.3. The Morgan fingerprint density at radius 1 is 0.817 bits per heavy atom. The number of aliphatic carboxylic acids is 1. The van der Waals surface area contributed by atoms with Crippen molar-refractivity contribution in [3.63, 3.8) is 0 Å². The number of carbonyl (C=O) groups excluding carboxylic acids is 6. The SMILES string of the molecule is CC(=O)O[C@H]1C(=O)[C@@]2(C)[C@H]([C@H](OC(=O)c3ccccc3)[C@]3(O)C[C@H](OC(=O)[C@H](O)[C@@H](NC(=O)c4ccccc4)c4ccccc4)C(C)=C1C3(C)C)[C@]1(OC(C)=O)CO[C@@H]1C[C@@H]2O.O=C(O)[C@@H]1C[C@H](O)CN1. The van der Waals surface area contributed by atoms with E-state index >= 15 is 4.79 Å². The number of rotatable bonds is 11. The summed E-state index contributed by atoms with van der Waals surface area (Å²) in [5.41, 5.74) is -7.02. The van der Waals surface area contributed by atoms with E-state index in [1.165, 1.54) is 26.0 Å². The molecule has 2 aliphatic heterocycles. The van der Waals surface area contributed by atoms with E-state index in [4.69, 9.17) is 33.9 Å². The third-order valence-electron chi connectivity index (χ3n) is 14.9. The molecule has 2 bridgehead atoms. The van der Waals surface area contributed by atoms with E-state index in [0.717, 1.165) is 13.8 Å². The van der Waals surface area contributed by atoms with E-state index in [1.807, 2.05) is 0 Å². The number of aliphatic hydroxyl groups excluding tert-OH is 3. The lowest BCUT2D eigenvalue weighted by atomic mass is 9.44. The van der Waals surface area contributed by atoms with Crippen LogP contribution < -0.4 is 10.6 Å². The van der Waals surface area contributed by atoms with Crippen LogP contribution in [0, 0.1) is 16.7 Å². The molecule has 2 saturated heterocycles. The number of ether oxygens (including phenoxy) is 5. The molecule has 2 saturated carbocycles. The smallest absolute Gasteiger partial charge is 0.338 e. The van der Waals surface area contributed by atoms with Gasteiger partial charge in [-0.15, -0.1) is 0 Å². The zero-order valence-corrected chi connectivity index (χ0v) is 40.1. The summed E-state index contributed by atoms with van der Waals surface area (Å²) in [4.78, 5) is 93.6. The second-order valence-electron chi connectivity index (χ2n) is 19.5. The van der Waals surface area contributed by atoms with Crippen molar-refractivity contribution in [2.24, 2.45) is 16.7 Å². The number of ketones is 1. The molecule has 71 heavy (non-hydrogen) atoms. The molecule has 0 spiro atoms. The predicted molar refractivity (Wildman–Crippen MR) is 248 cm³/mol. The van der Waals surface area contributed by atoms with Gasteiger partial charge in [0.1, 0.15) is 30.0 Å². The number of amides is 1. The summed E-state index contributed by atoms with van der Waals surface area (Å²) in [7, 11) is 0. The Balaban J connectivity index is 0.000000741. The lowest BCUT2D eigenvalue weighted by Crippen LogP contribution is -2.82. The van der Waals surface area contributed by atoms with Crippen LogP contribution in [0.3, 0.4) is 0 Å². The van der Waals surface area contributed by atoms with Gasteiger partial charge in [-0.1, -0.05) is 80.6 Å². The maximum absolute atomic E-state index is 15.5. The molecular formula is C52H60N2O17. The summed E-state index contributed by atoms with van der Waals surface area (Å²) in [6.07, 6.45) is -10.7. The van der Waals surface area contributed by atoms with Crippen LogP contribution in [0.25, 0.3) is 0 Å². The summed E-state index contributed by atoms with van der Waals surface area (Å²) in [5.74, 6) is -7.72. The molecule has 380 valence electrons. The molecule has 8 rings (SSSR count). The number of esters is 4. The molecule has 4 fully saturated rings. The maximum Gasteiger partial charge on any atom is 0.338 e. The molecule has 19 heteroatoms. The summed E-state index contributed by atoms with van der Waals surface area (Å²) in [6, 6.07) is 22.4. The molecule has 0 unspecified atom stereocenters. The molecule has 13 atom stereocenters. The number of nitrogens with one attached hydrogen (secondary N) is 2. The van der Waals surface area contributed by atoms with Crippen LogP contribution in [0.4, 0.5) is 0 Å². The molecular weight excluding hydrogens is 925 g/mol. The van der Waals surface area contributed by atoms with Crippen LogP contribution in [0.5, 0.6) is 0 Å². The van der Waals surface area contributed by atoms with Gasteiger partial charge in [0.25, 0.3) is 5.91 Å². The topological polar surface area (TPSA) is 291 Å². The summed E-state index contributed by atoms with van der Waals surface area (Å²) < 4.78 is 30.3. The summed E-state index contributed by atoms with van der Waals surface area (Å²) in [5, 5.41) is 60.1. The third kappa shape index (κ3) is 9.73. The highest BCUT2D eigenvalue weighted by atomic mass is 16.6. The lowest BCUT2D eigenvalue weighted by molar-refractivity contribution is -0.346. The van der Waals surface area contributed by atoms with Gasteiger partial charge in [-0.3, -0.25) is 24.0 Å². The Morgan fingerprint density at radius 2 is 1.41 bits per heavy atom. The molecule has 19 nitrogen and oxygen atoms in total. The molecule has 0 radical (unpaired) electrons. The first-order valence-electron chi connectivity index (χ1n) is 23.3. The van der Waals surface area contributed by atoms with Crippen molar-refractivity contribution in [1.82, 2.24) is 10.6 Å². The van der Waals surface area contributed by atoms with E-state index in [-0.39, 0.29) is 35.3 Å². The molecule has 3 aromatic rings. The molecule has 1 amide bonds. The van der Waals surface area contributed by atoms with Gasteiger partial charge in [-0.25, -0.2) is 9.59 Å². The van der Waals surface area contributed by atoms with Crippen molar-refractivity contribution in [1.29, 1.82) is 0 Å². The second-order valence-corrected chi connectivity index (χ2v) is 19.5. The number of carboxylic acid groups (broad SMARTS) is 1. The number of carboxylic acids is 1. The van der Waals surface area contributed by atoms with Gasteiger partial charge in [0.15, 0.2) is 23.6 Å².